The van der Waals surface area contributed by atoms with Gasteiger partial charge in [-0.3, -0.25) is 8.93 Å². The van der Waals surface area contributed by atoms with Crippen LogP contribution in [0, 0.1) is 0 Å². The van der Waals surface area contributed by atoms with E-state index < -0.39 is 10.1 Å². The molecule has 0 rings (SSSR count). The maximum atomic E-state index is 10.9. The van der Waals surface area contributed by atoms with E-state index in [1.807, 2.05) is 13.8 Å². The molecule has 0 aromatic heterocycles. The molecule has 0 heterocycles. The van der Waals surface area contributed by atoms with E-state index in [1.54, 1.807) is 12.5 Å². The fourth-order valence-electron chi connectivity index (χ4n) is 0.622. The molecule has 0 amide bonds. The predicted octanol–water partition coefficient (Wildman–Crippen LogP) is 0.176. The van der Waals surface area contributed by atoms with Crippen LogP contribution in [0.15, 0.2) is 0 Å². The summed E-state index contributed by atoms with van der Waals surface area (Å²) in [6, 6.07) is 0.329. The van der Waals surface area contributed by atoms with E-state index in [-0.39, 0.29) is 0 Å². The second-order valence-corrected chi connectivity index (χ2v) is 5.59. The lowest BCUT2D eigenvalue weighted by Crippen LogP contribution is -2.33. The molecule has 3 heteroatoms. The number of hydrogen-bond acceptors (Lipinski definition) is 1. The van der Waals surface area contributed by atoms with Crippen molar-refractivity contribution in [2.45, 2.75) is 19.9 Å². The van der Waals surface area contributed by atoms with Crippen LogP contribution in [0.25, 0.3) is 0 Å². The third kappa shape index (κ3) is 6.11. The topological polar surface area (TPSA) is 29.1 Å². The maximum Gasteiger partial charge on any atom is 0.0119 e. The summed E-state index contributed by atoms with van der Waals surface area (Å²) in [5, 5.41) is 0. The van der Waals surface area contributed by atoms with Crippen molar-refractivity contribution in [2.75, 3.05) is 12.5 Å². The summed E-state index contributed by atoms with van der Waals surface area (Å²) in [7, 11) is -1.97. The monoisotopic (exact) mass is 137 g/mol. The highest BCUT2D eigenvalue weighted by atomic mass is 32.3. The van der Waals surface area contributed by atoms with E-state index >= 15 is 0 Å². The minimum absolute atomic E-state index is 0.329. The van der Waals surface area contributed by atoms with Crippen molar-refractivity contribution < 1.29 is 4.21 Å². The molecule has 8 heavy (non-hydrogen) atoms. The third-order valence-corrected chi connectivity index (χ3v) is 1.71. The van der Waals surface area contributed by atoms with Crippen LogP contribution >= 0.6 is 0 Å². The Balaban J connectivity index is 3.56. The summed E-state index contributed by atoms with van der Waals surface area (Å²) < 4.78 is 13.9. The van der Waals surface area contributed by atoms with Crippen molar-refractivity contribution in [1.29, 1.82) is 0 Å². The predicted molar refractivity (Wildman–Crippen MR) is 39.7 cm³/mol. The number of nitrogens with one attached hydrogen (secondary N) is 1. The largest absolute Gasteiger partial charge is 0.272 e. The van der Waals surface area contributed by atoms with E-state index in [1.165, 1.54) is 0 Å². The minimum Gasteiger partial charge on any atom is -0.272 e. The second kappa shape index (κ2) is 2.60. The first-order valence-electron chi connectivity index (χ1n) is 2.74. The Labute approximate surface area is 52.2 Å². The van der Waals surface area contributed by atoms with Gasteiger partial charge in [0.1, 0.15) is 0 Å². The van der Waals surface area contributed by atoms with Crippen molar-refractivity contribution >= 4 is 10.1 Å². The quantitative estimate of drug-likeness (QED) is 0.522. The lowest BCUT2D eigenvalue weighted by Gasteiger charge is -2.16. The van der Waals surface area contributed by atoms with Crippen LogP contribution in [0.2, 0.25) is 0 Å². The number of hydrogen-bond donors (Lipinski definition) is 2. The lowest BCUT2D eigenvalue weighted by molar-refractivity contribution is 0.650. The third-order valence-electron chi connectivity index (χ3n) is 0.569. The summed E-state index contributed by atoms with van der Waals surface area (Å²) in [5.41, 5.74) is 0. The van der Waals surface area contributed by atoms with Crippen molar-refractivity contribution in [2.24, 2.45) is 0 Å². The van der Waals surface area contributed by atoms with Gasteiger partial charge in [-0.15, -0.1) is 0 Å². The second-order valence-electron chi connectivity index (χ2n) is 2.63. The van der Waals surface area contributed by atoms with Crippen molar-refractivity contribution in [1.82, 2.24) is 4.72 Å². The van der Waals surface area contributed by atoms with Gasteiger partial charge >= 0.3 is 0 Å². The number of rotatable bonds is 2. The zero-order chi connectivity index (χ0) is 6.78. The van der Waals surface area contributed by atoms with Gasteiger partial charge < -0.3 is 0 Å². The van der Waals surface area contributed by atoms with Crippen LogP contribution in [-0.2, 0) is 10.1 Å². The van der Waals surface area contributed by atoms with Crippen LogP contribution < -0.4 is 4.72 Å². The first-order valence-corrected chi connectivity index (χ1v) is 5.35. The zero-order valence-electron chi connectivity index (χ0n) is 5.93. The van der Waals surface area contributed by atoms with Crippen LogP contribution in [0.4, 0.5) is 0 Å². The zero-order valence-corrected chi connectivity index (χ0v) is 6.83. The molecule has 1 N–H and O–H groups in total. The molecule has 0 aromatic carbocycles. The SMILES string of the molecule is CC(C)N[SH](C)(C)=O. The molecule has 0 atom stereocenters. The van der Waals surface area contributed by atoms with E-state index in [0.29, 0.717) is 6.04 Å². The van der Waals surface area contributed by atoms with Crippen LogP contribution in [0.3, 0.4) is 0 Å². The molecule has 0 fully saturated rings. The summed E-state index contributed by atoms with van der Waals surface area (Å²) in [4.78, 5) is 0. The molecule has 0 aliphatic carbocycles. The van der Waals surface area contributed by atoms with Crippen LogP contribution in [0.1, 0.15) is 13.8 Å². The Kier molecular flexibility index (Phi) is 2.63. The highest BCUT2D eigenvalue weighted by Gasteiger charge is 1.99. The van der Waals surface area contributed by atoms with Gasteiger partial charge in [0.05, 0.1) is 0 Å². The average molecular weight is 137 g/mol. The average Bonchev–Trinajstić information content (AvgIpc) is 1.21. The van der Waals surface area contributed by atoms with E-state index in [2.05, 4.69) is 4.72 Å². The first-order chi connectivity index (χ1) is 3.42. The van der Waals surface area contributed by atoms with Crippen LogP contribution in [0.5, 0.6) is 0 Å². The fraction of sp³-hybridized carbons (Fsp3) is 1.00. The molecule has 0 saturated carbocycles. The maximum absolute atomic E-state index is 10.9. The van der Waals surface area contributed by atoms with Gasteiger partial charge in [0.15, 0.2) is 0 Å². The van der Waals surface area contributed by atoms with Gasteiger partial charge in [0, 0.05) is 18.6 Å². The van der Waals surface area contributed by atoms with E-state index in [9.17, 15) is 4.21 Å². The van der Waals surface area contributed by atoms with Crippen molar-refractivity contribution in [3.8, 4) is 0 Å². The molecule has 2 nitrogen and oxygen atoms in total. The van der Waals surface area contributed by atoms with Gasteiger partial charge in [-0.05, 0) is 13.8 Å². The summed E-state index contributed by atoms with van der Waals surface area (Å²) in [5.74, 6) is 0. The smallest absolute Gasteiger partial charge is 0.0119 e. The molecule has 0 aliphatic heterocycles. The number of thiol groups is 1. The van der Waals surface area contributed by atoms with Crippen molar-refractivity contribution in [3.63, 3.8) is 0 Å². The normalized spacial score (nSPS) is 14.6. The first kappa shape index (κ1) is 8.11. The molecule has 0 spiro atoms. The van der Waals surface area contributed by atoms with E-state index in [4.69, 9.17) is 0 Å². The Hall–Kier alpha value is 0.110. The molecule has 0 radical (unpaired) electrons. The van der Waals surface area contributed by atoms with Crippen molar-refractivity contribution in [3.05, 3.63) is 0 Å². The fourth-order valence-corrected chi connectivity index (χ4v) is 1.87. The van der Waals surface area contributed by atoms with E-state index in [0.717, 1.165) is 0 Å². The Morgan fingerprint density at radius 2 is 1.75 bits per heavy atom. The van der Waals surface area contributed by atoms with Gasteiger partial charge in [-0.25, -0.2) is 0 Å². The minimum atomic E-state index is -1.97. The summed E-state index contributed by atoms with van der Waals surface area (Å²) in [6.45, 7) is 3.97. The molecule has 0 aliphatic rings. The van der Waals surface area contributed by atoms with Gasteiger partial charge in [0.25, 0.3) is 0 Å². The Bertz CT molecular complexity index is 105. The molecule has 52 valence electrons. The Morgan fingerprint density at radius 1 is 1.38 bits per heavy atom. The molecule has 0 unspecified atom stereocenters. The molecular formula is C5H15NOS. The standard InChI is InChI=1S/C5H15NOS/c1-5(2)6-8(3,4)7/h5,8H,1-4H3,(H,6,7). The van der Waals surface area contributed by atoms with Gasteiger partial charge in [-0.2, -0.15) is 0 Å². The molecular weight excluding hydrogens is 122 g/mol. The highest BCUT2D eigenvalue weighted by Crippen LogP contribution is 1.87. The van der Waals surface area contributed by atoms with Crippen LogP contribution in [-0.4, -0.2) is 22.8 Å². The summed E-state index contributed by atoms with van der Waals surface area (Å²) in [6.07, 6.45) is 3.46. The molecule has 0 saturated heterocycles. The van der Waals surface area contributed by atoms with Gasteiger partial charge in [-0.1, -0.05) is 10.1 Å². The summed E-state index contributed by atoms with van der Waals surface area (Å²) >= 11 is 0. The highest BCUT2D eigenvalue weighted by molar-refractivity contribution is 7.99. The molecule has 0 aromatic rings. The lowest BCUT2D eigenvalue weighted by atomic mass is 10.4. The van der Waals surface area contributed by atoms with Gasteiger partial charge in [0.2, 0.25) is 0 Å². The Morgan fingerprint density at radius 3 is 1.75 bits per heavy atom. The molecule has 0 bridgehead atoms.